The number of aryl methyl sites for hydroxylation is 1. The largest absolute Gasteiger partial charge is 0.378 e. The highest BCUT2D eigenvalue weighted by Gasteiger charge is 2.22. The van der Waals surface area contributed by atoms with Crippen molar-refractivity contribution in [3.8, 4) is 6.07 Å². The van der Waals surface area contributed by atoms with Crippen molar-refractivity contribution in [3.05, 3.63) is 112 Å². The molecule has 1 heterocycles. The summed E-state index contributed by atoms with van der Waals surface area (Å²) in [6, 6.07) is 25.8. The molecular weight excluding hydrogens is 603 g/mol. The Balaban J connectivity index is 1.26. The van der Waals surface area contributed by atoms with Crippen molar-refractivity contribution in [3.63, 3.8) is 0 Å². The number of thiophene rings is 1. The Hall–Kier alpha value is -4.85. The van der Waals surface area contributed by atoms with Crippen molar-refractivity contribution in [2.45, 2.75) is 30.6 Å². The summed E-state index contributed by atoms with van der Waals surface area (Å²) in [7, 11) is 3.89. The van der Waals surface area contributed by atoms with Gasteiger partial charge in [-0.2, -0.15) is 5.26 Å². The lowest BCUT2D eigenvalue weighted by atomic mass is 9.96. The minimum absolute atomic E-state index is 0.0887. The van der Waals surface area contributed by atoms with Crippen LogP contribution in [0.5, 0.6) is 0 Å². The third kappa shape index (κ3) is 8.20. The molecule has 1 aliphatic rings. The van der Waals surface area contributed by atoms with Crippen LogP contribution in [-0.4, -0.2) is 37.6 Å². The van der Waals surface area contributed by atoms with E-state index in [-0.39, 0.29) is 17.4 Å². The number of nitrogens with one attached hydrogen (secondary N) is 3. The van der Waals surface area contributed by atoms with Crippen LogP contribution in [0.25, 0.3) is 6.08 Å². The number of benzene rings is 3. The average Bonchev–Trinajstić information content (AvgIpc) is 3.41. The van der Waals surface area contributed by atoms with E-state index in [4.69, 9.17) is 0 Å². The van der Waals surface area contributed by atoms with Crippen LogP contribution in [-0.2, 0) is 22.4 Å². The summed E-state index contributed by atoms with van der Waals surface area (Å²) < 4.78 is 0. The Morgan fingerprint density at radius 2 is 1.71 bits per heavy atom. The van der Waals surface area contributed by atoms with E-state index < -0.39 is 11.8 Å². The molecule has 1 aromatic heterocycles. The molecule has 0 saturated carbocycles. The van der Waals surface area contributed by atoms with E-state index in [9.17, 15) is 19.6 Å². The fraction of sp³-hybridized carbons (Fsp3) is 0.200. The van der Waals surface area contributed by atoms with E-state index in [1.54, 1.807) is 48.5 Å². The highest BCUT2D eigenvalue weighted by molar-refractivity contribution is 8.00. The summed E-state index contributed by atoms with van der Waals surface area (Å²) in [5.74, 6) is -0.935. The molecule has 5 rings (SSSR count). The van der Waals surface area contributed by atoms with Gasteiger partial charge in [-0.15, -0.1) is 23.1 Å². The standard InChI is InChI=1S/C35H33N5O3S2/c1-40(2)26-17-15-23(16-18-26)19-30(38-33(42)24-9-4-3-5-10-24)34(43)37-25-11-8-12-27(20-25)44-22-32(41)39-35-29(21-36)28-13-6-7-14-31(28)45-35/h3-5,8-12,15-20H,6-7,13-14,22H2,1-2H3,(H,37,43)(H,38,42)(H,39,41)/b30-19+. The lowest BCUT2D eigenvalue weighted by molar-refractivity contribution is -0.114. The lowest BCUT2D eigenvalue weighted by Gasteiger charge is -2.14. The number of rotatable bonds is 10. The zero-order valence-electron chi connectivity index (χ0n) is 25.1. The van der Waals surface area contributed by atoms with Gasteiger partial charge in [0.25, 0.3) is 11.8 Å². The number of fused-ring (bicyclic) bond motifs is 1. The first-order chi connectivity index (χ1) is 21.8. The number of carbonyl (C=O) groups excluding carboxylic acids is 3. The summed E-state index contributed by atoms with van der Waals surface area (Å²) in [5.41, 5.74) is 4.47. The highest BCUT2D eigenvalue weighted by Crippen LogP contribution is 2.37. The van der Waals surface area contributed by atoms with E-state index in [2.05, 4.69) is 22.0 Å². The number of nitrogens with zero attached hydrogens (tertiary/aromatic N) is 2. The van der Waals surface area contributed by atoms with Gasteiger partial charge in [-0.05, 0) is 85.4 Å². The Bertz CT molecular complexity index is 1770. The molecule has 8 nitrogen and oxygen atoms in total. The molecule has 0 aliphatic heterocycles. The van der Waals surface area contributed by atoms with Crippen LogP contribution in [0.4, 0.5) is 16.4 Å². The normalized spacial score (nSPS) is 12.4. The van der Waals surface area contributed by atoms with Crippen LogP contribution in [0.2, 0.25) is 0 Å². The molecule has 4 aromatic rings. The van der Waals surface area contributed by atoms with Gasteiger partial charge in [0.2, 0.25) is 5.91 Å². The number of hydrogen-bond donors (Lipinski definition) is 3. The molecule has 10 heteroatoms. The second kappa shape index (κ2) is 14.8. The predicted molar refractivity (Wildman–Crippen MR) is 183 cm³/mol. The topological polar surface area (TPSA) is 114 Å². The molecule has 45 heavy (non-hydrogen) atoms. The molecule has 3 aromatic carbocycles. The van der Waals surface area contributed by atoms with Crippen LogP contribution < -0.4 is 20.9 Å². The van der Waals surface area contributed by atoms with Crippen molar-refractivity contribution in [1.29, 1.82) is 5.26 Å². The third-order valence-corrected chi connectivity index (χ3v) is 9.45. The predicted octanol–water partition coefficient (Wildman–Crippen LogP) is 6.70. The van der Waals surface area contributed by atoms with Gasteiger partial charge in [-0.1, -0.05) is 36.4 Å². The molecule has 0 spiro atoms. The fourth-order valence-corrected chi connectivity index (χ4v) is 6.93. The zero-order valence-corrected chi connectivity index (χ0v) is 26.7. The number of anilines is 3. The molecule has 3 N–H and O–H groups in total. The summed E-state index contributed by atoms with van der Waals surface area (Å²) in [5, 5.41) is 18.9. The summed E-state index contributed by atoms with van der Waals surface area (Å²) >= 11 is 2.83. The van der Waals surface area contributed by atoms with Gasteiger partial charge in [0.1, 0.15) is 16.8 Å². The van der Waals surface area contributed by atoms with E-state index >= 15 is 0 Å². The third-order valence-electron chi connectivity index (χ3n) is 7.25. The van der Waals surface area contributed by atoms with E-state index in [0.717, 1.165) is 47.4 Å². The smallest absolute Gasteiger partial charge is 0.272 e. The number of hydrogen-bond acceptors (Lipinski definition) is 7. The average molecular weight is 636 g/mol. The molecule has 228 valence electrons. The number of carbonyl (C=O) groups is 3. The van der Waals surface area contributed by atoms with Crippen LogP contribution in [0, 0.1) is 11.3 Å². The first-order valence-corrected chi connectivity index (χ1v) is 16.3. The minimum atomic E-state index is -0.485. The van der Waals surface area contributed by atoms with Gasteiger partial charge in [-0.3, -0.25) is 14.4 Å². The first kappa shape index (κ1) is 31.6. The van der Waals surface area contributed by atoms with Gasteiger partial charge >= 0.3 is 0 Å². The lowest BCUT2D eigenvalue weighted by Crippen LogP contribution is -2.30. The summed E-state index contributed by atoms with van der Waals surface area (Å²) in [6.45, 7) is 0. The van der Waals surface area contributed by atoms with Gasteiger partial charge in [-0.25, -0.2) is 0 Å². The van der Waals surface area contributed by atoms with Gasteiger partial charge in [0.15, 0.2) is 0 Å². The summed E-state index contributed by atoms with van der Waals surface area (Å²) in [6.07, 6.45) is 5.64. The maximum Gasteiger partial charge on any atom is 0.272 e. The summed E-state index contributed by atoms with van der Waals surface area (Å²) in [4.78, 5) is 43.2. The van der Waals surface area contributed by atoms with Crippen LogP contribution >= 0.6 is 23.1 Å². The zero-order chi connectivity index (χ0) is 31.8. The number of nitriles is 1. The fourth-order valence-electron chi connectivity index (χ4n) is 4.92. The van der Waals surface area contributed by atoms with Crippen LogP contribution in [0.3, 0.4) is 0 Å². The van der Waals surface area contributed by atoms with Crippen molar-refractivity contribution in [2.75, 3.05) is 35.4 Å². The molecule has 0 atom stereocenters. The first-order valence-electron chi connectivity index (χ1n) is 14.5. The number of amides is 3. The quantitative estimate of drug-likeness (QED) is 0.132. The van der Waals surface area contributed by atoms with Crippen molar-refractivity contribution in [1.82, 2.24) is 5.32 Å². The highest BCUT2D eigenvalue weighted by atomic mass is 32.2. The number of thioether (sulfide) groups is 1. The molecule has 0 saturated heterocycles. The Morgan fingerprint density at radius 3 is 2.44 bits per heavy atom. The molecule has 1 aliphatic carbocycles. The Labute approximate surface area is 271 Å². The van der Waals surface area contributed by atoms with E-state index in [1.165, 1.54) is 28.0 Å². The second-order valence-electron chi connectivity index (χ2n) is 10.7. The maximum absolute atomic E-state index is 13.5. The van der Waals surface area contributed by atoms with E-state index in [1.807, 2.05) is 55.4 Å². The van der Waals surface area contributed by atoms with Crippen molar-refractivity contribution >= 4 is 63.3 Å². The van der Waals surface area contributed by atoms with Gasteiger partial charge < -0.3 is 20.9 Å². The SMILES string of the molecule is CN(C)c1ccc(/C=C(/NC(=O)c2ccccc2)C(=O)Nc2cccc(SCC(=O)Nc3sc4c(c3C#N)CCCC4)c2)cc1. The molecule has 0 unspecified atom stereocenters. The molecular formula is C35H33N5O3S2. The second-order valence-corrected chi connectivity index (χ2v) is 12.9. The Morgan fingerprint density at radius 1 is 0.956 bits per heavy atom. The minimum Gasteiger partial charge on any atom is -0.378 e. The van der Waals surface area contributed by atoms with Crippen molar-refractivity contribution < 1.29 is 14.4 Å². The van der Waals surface area contributed by atoms with Crippen LogP contribution in [0.1, 0.15) is 44.8 Å². The molecule has 0 fully saturated rings. The van der Waals surface area contributed by atoms with E-state index in [0.29, 0.717) is 21.8 Å². The maximum atomic E-state index is 13.5. The van der Waals surface area contributed by atoms with Crippen molar-refractivity contribution in [2.24, 2.45) is 0 Å². The molecule has 0 bridgehead atoms. The van der Waals surface area contributed by atoms with Gasteiger partial charge in [0, 0.05) is 40.8 Å². The van der Waals surface area contributed by atoms with Gasteiger partial charge in [0.05, 0.1) is 11.3 Å². The molecule has 3 amide bonds. The molecule has 0 radical (unpaired) electrons. The monoisotopic (exact) mass is 635 g/mol. The van der Waals surface area contributed by atoms with Crippen LogP contribution in [0.15, 0.2) is 89.5 Å². The Kier molecular flexibility index (Phi) is 10.3.